The zero-order valence-corrected chi connectivity index (χ0v) is 14.1. The molecule has 1 atom stereocenters. The zero-order valence-electron chi connectivity index (χ0n) is 14.1. The summed E-state index contributed by atoms with van der Waals surface area (Å²) in [5.41, 5.74) is 2.60. The third kappa shape index (κ3) is 4.32. The van der Waals surface area contributed by atoms with E-state index in [9.17, 15) is 9.59 Å². The van der Waals surface area contributed by atoms with Crippen LogP contribution in [0.15, 0.2) is 37.1 Å². The van der Waals surface area contributed by atoms with E-state index in [1.165, 1.54) is 18.9 Å². The summed E-state index contributed by atoms with van der Waals surface area (Å²) in [6, 6.07) is 5.53. The van der Waals surface area contributed by atoms with Crippen molar-refractivity contribution in [1.29, 1.82) is 0 Å². The van der Waals surface area contributed by atoms with Crippen LogP contribution in [0.25, 0.3) is 0 Å². The molecule has 0 aliphatic heterocycles. The number of pyridine rings is 1. The Hall–Kier alpha value is -2.96. The number of nitrogens with one attached hydrogen (secondary N) is 3. The van der Waals surface area contributed by atoms with Gasteiger partial charge in [0.15, 0.2) is 5.82 Å². The predicted molar refractivity (Wildman–Crippen MR) is 93.9 cm³/mol. The van der Waals surface area contributed by atoms with Crippen LogP contribution in [-0.2, 0) is 16.1 Å². The first kappa shape index (κ1) is 16.9. The van der Waals surface area contributed by atoms with Crippen LogP contribution in [0.3, 0.4) is 0 Å². The van der Waals surface area contributed by atoms with E-state index < -0.39 is 0 Å². The van der Waals surface area contributed by atoms with Crippen molar-refractivity contribution in [2.45, 2.75) is 38.1 Å². The van der Waals surface area contributed by atoms with Gasteiger partial charge in [-0.2, -0.15) is 5.10 Å². The second-order valence-electron chi connectivity index (χ2n) is 6.20. The molecule has 1 aliphatic rings. The molecule has 0 bridgehead atoms. The summed E-state index contributed by atoms with van der Waals surface area (Å²) >= 11 is 0. The van der Waals surface area contributed by atoms with Gasteiger partial charge >= 0.3 is 0 Å². The van der Waals surface area contributed by atoms with Gasteiger partial charge in [-0.1, -0.05) is 12.6 Å². The lowest BCUT2D eigenvalue weighted by Crippen LogP contribution is -2.21. The fourth-order valence-corrected chi connectivity index (χ4v) is 2.44. The number of carbonyl (C=O) groups excluding carboxylic acids is 2. The highest BCUT2D eigenvalue weighted by atomic mass is 16.2. The highest BCUT2D eigenvalue weighted by molar-refractivity contribution is 5.94. The summed E-state index contributed by atoms with van der Waals surface area (Å²) in [5.74, 6) is 0.376. The third-order valence-corrected chi connectivity index (χ3v) is 4.24. The van der Waals surface area contributed by atoms with Gasteiger partial charge in [0.25, 0.3) is 0 Å². The Morgan fingerprint density at radius 3 is 2.88 bits per heavy atom. The average molecular weight is 339 g/mol. The highest BCUT2D eigenvalue weighted by Crippen LogP contribution is 2.39. The van der Waals surface area contributed by atoms with E-state index in [0.717, 1.165) is 11.3 Å². The van der Waals surface area contributed by atoms with Gasteiger partial charge in [-0.05, 0) is 37.5 Å². The van der Waals surface area contributed by atoms with Gasteiger partial charge in [0.2, 0.25) is 11.8 Å². The summed E-state index contributed by atoms with van der Waals surface area (Å²) in [6.45, 7) is 5.54. The SMILES string of the molecule is C=CC(=O)NCc1ccc([C@H](C)C(=O)Nc2cc(C3CC3)[nH]n2)cn1. The molecule has 130 valence electrons. The molecule has 0 saturated heterocycles. The molecular formula is C18H21N5O2. The van der Waals surface area contributed by atoms with Crippen LogP contribution in [0.5, 0.6) is 0 Å². The maximum absolute atomic E-state index is 12.4. The lowest BCUT2D eigenvalue weighted by atomic mass is 10.0. The fourth-order valence-electron chi connectivity index (χ4n) is 2.44. The average Bonchev–Trinajstić information content (AvgIpc) is 3.39. The van der Waals surface area contributed by atoms with Crippen molar-refractivity contribution in [2.24, 2.45) is 0 Å². The molecule has 25 heavy (non-hydrogen) atoms. The molecule has 2 aromatic rings. The summed E-state index contributed by atoms with van der Waals surface area (Å²) in [4.78, 5) is 27.8. The van der Waals surface area contributed by atoms with Crippen molar-refractivity contribution >= 4 is 17.6 Å². The molecule has 2 amide bonds. The maximum atomic E-state index is 12.4. The Kier molecular flexibility index (Phi) is 4.92. The molecule has 2 aromatic heterocycles. The highest BCUT2D eigenvalue weighted by Gasteiger charge is 2.26. The minimum absolute atomic E-state index is 0.136. The Morgan fingerprint density at radius 1 is 1.44 bits per heavy atom. The number of aromatic amines is 1. The van der Waals surface area contributed by atoms with E-state index >= 15 is 0 Å². The molecule has 7 nitrogen and oxygen atoms in total. The smallest absolute Gasteiger partial charge is 0.243 e. The van der Waals surface area contributed by atoms with Crippen LogP contribution in [0, 0.1) is 0 Å². The van der Waals surface area contributed by atoms with Gasteiger partial charge in [-0.3, -0.25) is 19.7 Å². The maximum Gasteiger partial charge on any atom is 0.243 e. The van der Waals surface area contributed by atoms with Crippen molar-refractivity contribution in [1.82, 2.24) is 20.5 Å². The molecule has 0 radical (unpaired) electrons. The van der Waals surface area contributed by atoms with Crippen LogP contribution in [0.2, 0.25) is 0 Å². The van der Waals surface area contributed by atoms with Gasteiger partial charge in [-0.25, -0.2) is 0 Å². The molecule has 1 fully saturated rings. The number of H-pyrrole nitrogens is 1. The Balaban J connectivity index is 1.57. The number of carbonyl (C=O) groups is 2. The summed E-state index contributed by atoms with van der Waals surface area (Å²) < 4.78 is 0. The summed E-state index contributed by atoms with van der Waals surface area (Å²) in [5, 5.41) is 12.6. The quantitative estimate of drug-likeness (QED) is 0.674. The number of anilines is 1. The van der Waals surface area contributed by atoms with Crippen molar-refractivity contribution in [3.8, 4) is 0 Å². The minimum Gasteiger partial charge on any atom is -0.347 e. The van der Waals surface area contributed by atoms with Crippen LogP contribution >= 0.6 is 0 Å². The number of nitrogens with zero attached hydrogens (tertiary/aromatic N) is 2. The normalized spacial score (nSPS) is 14.6. The molecular weight excluding hydrogens is 318 g/mol. The van der Waals surface area contributed by atoms with E-state index in [1.807, 2.05) is 19.1 Å². The van der Waals surface area contributed by atoms with Crippen LogP contribution in [0.4, 0.5) is 5.82 Å². The van der Waals surface area contributed by atoms with Crippen LogP contribution in [-0.4, -0.2) is 27.0 Å². The van der Waals surface area contributed by atoms with Gasteiger partial charge in [0.1, 0.15) is 0 Å². The standard InChI is InChI=1S/C18H21N5O2/c1-3-17(24)20-10-14-7-6-13(9-19-14)11(2)18(25)21-16-8-15(22-23-16)12-4-5-12/h3,6-9,11-12H,1,4-5,10H2,2H3,(H,20,24)(H2,21,22,23,25)/t11-/m0/s1. The Bertz CT molecular complexity index is 777. The largest absolute Gasteiger partial charge is 0.347 e. The van der Waals surface area contributed by atoms with Crippen LogP contribution in [0.1, 0.15) is 48.6 Å². The van der Waals surface area contributed by atoms with E-state index in [-0.39, 0.29) is 17.7 Å². The molecule has 3 rings (SSSR count). The summed E-state index contributed by atoms with van der Waals surface area (Å²) in [7, 11) is 0. The monoisotopic (exact) mass is 339 g/mol. The molecule has 0 spiro atoms. The Labute approximate surface area is 145 Å². The first-order valence-corrected chi connectivity index (χ1v) is 8.28. The number of hydrogen-bond acceptors (Lipinski definition) is 4. The first-order valence-electron chi connectivity index (χ1n) is 8.28. The van der Waals surface area contributed by atoms with Gasteiger partial charge in [0.05, 0.1) is 18.2 Å². The van der Waals surface area contributed by atoms with Gasteiger partial charge in [0, 0.05) is 23.9 Å². The molecule has 3 N–H and O–H groups in total. The van der Waals surface area contributed by atoms with Gasteiger partial charge in [-0.15, -0.1) is 0 Å². The van der Waals surface area contributed by atoms with Gasteiger partial charge < -0.3 is 10.6 Å². The van der Waals surface area contributed by atoms with E-state index in [1.54, 1.807) is 12.3 Å². The lowest BCUT2D eigenvalue weighted by molar-refractivity contribution is -0.117. The third-order valence-electron chi connectivity index (χ3n) is 4.24. The number of rotatable bonds is 7. The number of aromatic nitrogens is 3. The zero-order chi connectivity index (χ0) is 17.8. The van der Waals surface area contributed by atoms with E-state index in [4.69, 9.17) is 0 Å². The minimum atomic E-state index is -0.356. The summed E-state index contributed by atoms with van der Waals surface area (Å²) in [6.07, 6.45) is 5.22. The van der Waals surface area contributed by atoms with E-state index in [2.05, 4.69) is 32.4 Å². The molecule has 2 heterocycles. The predicted octanol–water partition coefficient (Wildman–Crippen LogP) is 2.23. The molecule has 7 heteroatoms. The fraction of sp³-hybridized carbons (Fsp3) is 0.333. The Morgan fingerprint density at radius 2 is 2.24 bits per heavy atom. The second kappa shape index (κ2) is 7.29. The molecule has 0 unspecified atom stereocenters. The van der Waals surface area contributed by atoms with E-state index in [0.29, 0.717) is 24.0 Å². The van der Waals surface area contributed by atoms with Crippen LogP contribution < -0.4 is 10.6 Å². The van der Waals surface area contributed by atoms with Crippen molar-refractivity contribution < 1.29 is 9.59 Å². The van der Waals surface area contributed by atoms with Crippen molar-refractivity contribution in [3.63, 3.8) is 0 Å². The number of hydrogen-bond donors (Lipinski definition) is 3. The van der Waals surface area contributed by atoms with Crippen molar-refractivity contribution in [3.05, 3.63) is 54.0 Å². The van der Waals surface area contributed by atoms with Crippen molar-refractivity contribution in [2.75, 3.05) is 5.32 Å². The molecule has 1 saturated carbocycles. The number of amides is 2. The molecule has 1 aliphatic carbocycles. The molecule has 0 aromatic carbocycles. The first-order chi connectivity index (χ1) is 12.1. The second-order valence-corrected chi connectivity index (χ2v) is 6.20. The topological polar surface area (TPSA) is 99.8 Å². The lowest BCUT2D eigenvalue weighted by Gasteiger charge is -2.11.